The second kappa shape index (κ2) is 4.62. The molecule has 0 spiro atoms. The number of nitrogens with two attached hydrogens (primary N) is 1. The standard InChI is InChI=1S/C12H23N3O/c1-3-12(9-16-2)8-14-11(13)15(12)10-6-4-5-7-10/h10H,3-9H2,1-2H3,(H2,13,14). The largest absolute Gasteiger partial charge is 0.382 e. The van der Waals surface area contributed by atoms with Gasteiger partial charge in [-0.3, -0.25) is 4.99 Å². The monoisotopic (exact) mass is 225 g/mol. The van der Waals surface area contributed by atoms with Gasteiger partial charge in [-0.15, -0.1) is 0 Å². The van der Waals surface area contributed by atoms with Gasteiger partial charge in [0.2, 0.25) is 0 Å². The topological polar surface area (TPSA) is 50.9 Å². The van der Waals surface area contributed by atoms with E-state index in [1.165, 1.54) is 25.7 Å². The van der Waals surface area contributed by atoms with E-state index < -0.39 is 0 Å². The first-order chi connectivity index (χ1) is 7.73. The lowest BCUT2D eigenvalue weighted by molar-refractivity contribution is 0.0439. The van der Waals surface area contributed by atoms with Gasteiger partial charge in [-0.25, -0.2) is 0 Å². The van der Waals surface area contributed by atoms with Gasteiger partial charge in [-0.2, -0.15) is 0 Å². The van der Waals surface area contributed by atoms with Crippen molar-refractivity contribution in [2.24, 2.45) is 10.7 Å². The summed E-state index contributed by atoms with van der Waals surface area (Å²) < 4.78 is 5.39. The number of hydrogen-bond acceptors (Lipinski definition) is 4. The van der Waals surface area contributed by atoms with E-state index in [9.17, 15) is 0 Å². The van der Waals surface area contributed by atoms with Crippen molar-refractivity contribution in [2.75, 3.05) is 20.3 Å². The van der Waals surface area contributed by atoms with Crippen molar-refractivity contribution in [2.45, 2.75) is 50.6 Å². The maximum atomic E-state index is 6.06. The van der Waals surface area contributed by atoms with E-state index in [4.69, 9.17) is 10.5 Å². The van der Waals surface area contributed by atoms with Gasteiger partial charge in [0.1, 0.15) is 0 Å². The van der Waals surface area contributed by atoms with Crippen LogP contribution in [0, 0.1) is 0 Å². The van der Waals surface area contributed by atoms with Gasteiger partial charge in [0.15, 0.2) is 5.96 Å². The quantitative estimate of drug-likeness (QED) is 0.786. The molecule has 1 aliphatic heterocycles. The zero-order valence-corrected chi connectivity index (χ0v) is 10.4. The predicted octanol–water partition coefficient (Wildman–Crippen LogP) is 1.35. The van der Waals surface area contributed by atoms with Gasteiger partial charge in [0, 0.05) is 13.2 Å². The van der Waals surface area contributed by atoms with Gasteiger partial charge in [0.05, 0.1) is 18.7 Å². The van der Waals surface area contributed by atoms with Gasteiger partial charge in [-0.1, -0.05) is 19.8 Å². The maximum Gasteiger partial charge on any atom is 0.192 e. The van der Waals surface area contributed by atoms with Crippen molar-refractivity contribution >= 4 is 5.96 Å². The van der Waals surface area contributed by atoms with Crippen molar-refractivity contribution in [3.63, 3.8) is 0 Å². The zero-order chi connectivity index (χ0) is 11.6. The molecule has 1 atom stereocenters. The lowest BCUT2D eigenvalue weighted by Crippen LogP contribution is -2.57. The van der Waals surface area contributed by atoms with Gasteiger partial charge >= 0.3 is 0 Å². The smallest absolute Gasteiger partial charge is 0.192 e. The van der Waals surface area contributed by atoms with Crippen LogP contribution in [0.1, 0.15) is 39.0 Å². The summed E-state index contributed by atoms with van der Waals surface area (Å²) >= 11 is 0. The SMILES string of the molecule is CCC1(COC)CN=C(N)N1C1CCCC1. The van der Waals surface area contributed by atoms with Crippen molar-refractivity contribution in [3.05, 3.63) is 0 Å². The maximum absolute atomic E-state index is 6.06. The Bertz CT molecular complexity index is 273. The molecule has 4 heteroatoms. The molecular weight excluding hydrogens is 202 g/mol. The highest BCUT2D eigenvalue weighted by Crippen LogP contribution is 2.34. The van der Waals surface area contributed by atoms with Gasteiger partial charge in [-0.05, 0) is 19.3 Å². The molecule has 0 amide bonds. The number of nitrogens with zero attached hydrogens (tertiary/aromatic N) is 2. The average Bonchev–Trinajstić information content (AvgIpc) is 2.88. The lowest BCUT2D eigenvalue weighted by atomic mass is 9.94. The van der Waals surface area contributed by atoms with Crippen LogP contribution in [-0.4, -0.2) is 42.7 Å². The van der Waals surface area contributed by atoms with Crippen LogP contribution < -0.4 is 5.73 Å². The molecule has 0 aromatic rings. The fraction of sp³-hybridized carbons (Fsp3) is 0.917. The minimum Gasteiger partial charge on any atom is -0.382 e. The third-order valence-corrected chi connectivity index (χ3v) is 4.05. The number of ether oxygens (including phenoxy) is 1. The van der Waals surface area contributed by atoms with Gasteiger partial charge in [0.25, 0.3) is 0 Å². The van der Waals surface area contributed by atoms with Gasteiger partial charge < -0.3 is 15.4 Å². The summed E-state index contributed by atoms with van der Waals surface area (Å²) in [4.78, 5) is 6.80. The number of aliphatic imine (C=N–C) groups is 1. The first-order valence-corrected chi connectivity index (χ1v) is 6.32. The first kappa shape index (κ1) is 11.7. The Labute approximate surface area is 97.9 Å². The normalized spacial score (nSPS) is 31.1. The average molecular weight is 225 g/mol. The van der Waals surface area contributed by atoms with E-state index in [1.54, 1.807) is 7.11 Å². The van der Waals surface area contributed by atoms with Crippen LogP contribution in [0.4, 0.5) is 0 Å². The number of hydrogen-bond donors (Lipinski definition) is 1. The Kier molecular flexibility index (Phi) is 3.38. The van der Waals surface area contributed by atoms with Crippen LogP contribution in [0.5, 0.6) is 0 Å². The highest BCUT2D eigenvalue weighted by Gasteiger charge is 2.44. The van der Waals surface area contributed by atoms with Crippen LogP contribution in [0.15, 0.2) is 4.99 Å². The highest BCUT2D eigenvalue weighted by molar-refractivity contribution is 5.81. The van der Waals surface area contributed by atoms with Crippen LogP contribution in [0.25, 0.3) is 0 Å². The Morgan fingerprint density at radius 3 is 2.75 bits per heavy atom. The van der Waals surface area contributed by atoms with Crippen LogP contribution in [0.2, 0.25) is 0 Å². The molecule has 4 nitrogen and oxygen atoms in total. The molecule has 2 rings (SSSR count). The van der Waals surface area contributed by atoms with E-state index in [-0.39, 0.29) is 5.54 Å². The Hall–Kier alpha value is -0.770. The predicted molar refractivity (Wildman–Crippen MR) is 65.5 cm³/mol. The third-order valence-electron chi connectivity index (χ3n) is 4.05. The van der Waals surface area contributed by atoms with Crippen molar-refractivity contribution in [1.29, 1.82) is 0 Å². The Morgan fingerprint density at radius 2 is 2.19 bits per heavy atom. The molecule has 1 unspecified atom stereocenters. The first-order valence-electron chi connectivity index (χ1n) is 6.32. The molecule has 2 aliphatic rings. The van der Waals surface area contributed by atoms with E-state index in [1.807, 2.05) is 0 Å². The van der Waals surface area contributed by atoms with Crippen molar-refractivity contribution in [3.8, 4) is 0 Å². The molecule has 0 aromatic heterocycles. The summed E-state index contributed by atoms with van der Waals surface area (Å²) in [5.74, 6) is 0.728. The van der Waals surface area contributed by atoms with Crippen molar-refractivity contribution in [1.82, 2.24) is 4.90 Å². The molecule has 1 heterocycles. The Balaban J connectivity index is 2.18. The summed E-state index contributed by atoms with van der Waals surface area (Å²) in [5, 5.41) is 0. The third kappa shape index (κ3) is 1.79. The van der Waals surface area contributed by atoms with Crippen molar-refractivity contribution < 1.29 is 4.74 Å². The fourth-order valence-corrected chi connectivity index (χ4v) is 3.13. The zero-order valence-electron chi connectivity index (χ0n) is 10.4. The number of guanidine groups is 1. The molecule has 1 aliphatic carbocycles. The minimum atomic E-state index is 0.0217. The van der Waals surface area contributed by atoms with Crippen LogP contribution in [0.3, 0.4) is 0 Å². The van der Waals surface area contributed by atoms with E-state index in [2.05, 4.69) is 16.8 Å². The second-order valence-electron chi connectivity index (χ2n) is 4.99. The summed E-state index contributed by atoms with van der Waals surface area (Å²) in [5.41, 5.74) is 6.08. The summed E-state index contributed by atoms with van der Waals surface area (Å²) in [6.45, 7) is 3.72. The molecule has 92 valence electrons. The number of methoxy groups -OCH3 is 1. The second-order valence-corrected chi connectivity index (χ2v) is 4.99. The molecule has 0 radical (unpaired) electrons. The molecule has 0 bridgehead atoms. The molecule has 1 saturated carbocycles. The van der Waals surface area contributed by atoms with E-state index in [0.29, 0.717) is 6.04 Å². The number of rotatable bonds is 4. The fourth-order valence-electron chi connectivity index (χ4n) is 3.13. The van der Waals surface area contributed by atoms with Crippen LogP contribution >= 0.6 is 0 Å². The van der Waals surface area contributed by atoms with E-state index in [0.717, 1.165) is 25.5 Å². The minimum absolute atomic E-state index is 0.0217. The molecule has 1 fully saturated rings. The molecule has 0 aromatic carbocycles. The summed E-state index contributed by atoms with van der Waals surface area (Å²) in [6.07, 6.45) is 6.19. The van der Waals surface area contributed by atoms with Crippen LogP contribution in [-0.2, 0) is 4.74 Å². The molecule has 16 heavy (non-hydrogen) atoms. The summed E-state index contributed by atoms with van der Waals surface area (Å²) in [7, 11) is 1.76. The molecule has 2 N–H and O–H groups in total. The highest BCUT2D eigenvalue weighted by atomic mass is 16.5. The summed E-state index contributed by atoms with van der Waals surface area (Å²) in [6, 6.07) is 0.585. The Morgan fingerprint density at radius 1 is 1.50 bits per heavy atom. The lowest BCUT2D eigenvalue weighted by Gasteiger charge is -2.42. The molecule has 0 saturated heterocycles. The van der Waals surface area contributed by atoms with E-state index >= 15 is 0 Å². The molecular formula is C12H23N3O.